The number of nitrogens with zero attached hydrogens (tertiary/aromatic N) is 3. The van der Waals surface area contributed by atoms with Gasteiger partial charge in [-0.25, -0.2) is 8.91 Å². The summed E-state index contributed by atoms with van der Waals surface area (Å²) in [7, 11) is 0. The summed E-state index contributed by atoms with van der Waals surface area (Å²) in [6.45, 7) is 12.5. The molecule has 0 radical (unpaired) electrons. The maximum absolute atomic E-state index is 14.5. The van der Waals surface area contributed by atoms with Gasteiger partial charge in [0.25, 0.3) is 5.56 Å². The third kappa shape index (κ3) is 3.13. The van der Waals surface area contributed by atoms with Gasteiger partial charge in [-0.1, -0.05) is 13.8 Å². The lowest BCUT2D eigenvalue weighted by atomic mass is 10.0. The van der Waals surface area contributed by atoms with Crippen LogP contribution in [-0.4, -0.2) is 20.8 Å². The molecule has 0 saturated carbocycles. The molecule has 0 saturated heterocycles. The summed E-state index contributed by atoms with van der Waals surface area (Å²) in [6.07, 6.45) is 0. The van der Waals surface area contributed by atoms with E-state index in [2.05, 4.69) is 13.8 Å². The second kappa shape index (κ2) is 7.18. The van der Waals surface area contributed by atoms with Gasteiger partial charge in [-0.15, -0.1) is 5.10 Å². The smallest absolute Gasteiger partial charge is 0.278 e. The van der Waals surface area contributed by atoms with Gasteiger partial charge in [-0.05, 0) is 62.9 Å². The second-order valence-electron chi connectivity index (χ2n) is 7.06. The minimum absolute atomic E-state index is 0.104. The standard InChI is InChI=1S/C21H26FN3O2/c1-7-24-20(16-11-17(22)18(27-8-2)9-13(16)5)23-25-14(6)10-15(12(3)4)19(25)21(24)26/h9-12H,7-8H2,1-6H3. The highest BCUT2D eigenvalue weighted by molar-refractivity contribution is 5.65. The molecule has 0 fully saturated rings. The highest BCUT2D eigenvalue weighted by Gasteiger charge is 2.21. The molecule has 144 valence electrons. The van der Waals surface area contributed by atoms with Crippen molar-refractivity contribution in [3.63, 3.8) is 0 Å². The van der Waals surface area contributed by atoms with E-state index < -0.39 is 5.82 Å². The molecule has 6 heteroatoms. The monoisotopic (exact) mass is 371 g/mol. The van der Waals surface area contributed by atoms with Gasteiger partial charge in [-0.3, -0.25) is 9.36 Å². The van der Waals surface area contributed by atoms with Crippen LogP contribution in [-0.2, 0) is 6.54 Å². The van der Waals surface area contributed by atoms with Crippen molar-refractivity contribution >= 4 is 5.52 Å². The van der Waals surface area contributed by atoms with Crippen molar-refractivity contribution in [2.45, 2.75) is 54.0 Å². The maximum Gasteiger partial charge on any atom is 0.278 e. The molecule has 0 spiro atoms. The lowest BCUT2D eigenvalue weighted by Gasteiger charge is -2.15. The summed E-state index contributed by atoms with van der Waals surface area (Å²) < 4.78 is 23.1. The molecule has 5 nitrogen and oxygen atoms in total. The number of fused-ring (bicyclic) bond motifs is 1. The fourth-order valence-electron chi connectivity index (χ4n) is 3.46. The van der Waals surface area contributed by atoms with E-state index in [0.29, 0.717) is 30.1 Å². The van der Waals surface area contributed by atoms with Crippen LogP contribution in [0.1, 0.15) is 50.4 Å². The SMILES string of the molecule is CCOc1cc(C)c(-c2nn3c(C)cc(C(C)C)c3c(=O)n2CC)cc1F. The number of aryl methyl sites for hydroxylation is 2. The quantitative estimate of drug-likeness (QED) is 0.665. The molecular formula is C21H26FN3O2. The average molecular weight is 371 g/mol. The Morgan fingerprint density at radius 3 is 2.48 bits per heavy atom. The van der Waals surface area contributed by atoms with Crippen LogP contribution in [0.15, 0.2) is 23.0 Å². The Kier molecular flexibility index (Phi) is 5.09. The van der Waals surface area contributed by atoms with Crippen molar-refractivity contribution in [1.29, 1.82) is 0 Å². The van der Waals surface area contributed by atoms with Gasteiger partial charge in [0.05, 0.1) is 6.61 Å². The van der Waals surface area contributed by atoms with Crippen LogP contribution in [0.5, 0.6) is 5.75 Å². The Bertz CT molecular complexity index is 1060. The van der Waals surface area contributed by atoms with Gasteiger partial charge in [0.1, 0.15) is 5.52 Å². The van der Waals surface area contributed by atoms with Gasteiger partial charge >= 0.3 is 0 Å². The molecule has 3 aromatic rings. The molecule has 0 bridgehead atoms. The molecule has 2 aromatic heterocycles. The molecule has 0 N–H and O–H groups in total. The zero-order valence-electron chi connectivity index (χ0n) is 16.8. The number of rotatable bonds is 5. The van der Waals surface area contributed by atoms with Gasteiger partial charge < -0.3 is 4.74 Å². The van der Waals surface area contributed by atoms with Gasteiger partial charge in [-0.2, -0.15) is 0 Å². The van der Waals surface area contributed by atoms with Crippen LogP contribution >= 0.6 is 0 Å². The Morgan fingerprint density at radius 1 is 1.19 bits per heavy atom. The number of benzene rings is 1. The molecule has 0 unspecified atom stereocenters. The first-order chi connectivity index (χ1) is 12.8. The largest absolute Gasteiger partial charge is 0.491 e. The van der Waals surface area contributed by atoms with Gasteiger partial charge in [0, 0.05) is 17.8 Å². The molecule has 0 aliphatic heterocycles. The van der Waals surface area contributed by atoms with Crippen LogP contribution < -0.4 is 10.3 Å². The molecule has 0 aliphatic rings. The van der Waals surface area contributed by atoms with E-state index in [0.717, 1.165) is 16.8 Å². The Labute approximate surface area is 158 Å². The van der Waals surface area contributed by atoms with Crippen molar-refractivity contribution in [2.24, 2.45) is 0 Å². The highest BCUT2D eigenvalue weighted by atomic mass is 19.1. The summed E-state index contributed by atoms with van der Waals surface area (Å²) in [5.74, 6) is 0.429. The van der Waals surface area contributed by atoms with Crippen LogP contribution in [0.25, 0.3) is 16.9 Å². The average Bonchev–Trinajstić information content (AvgIpc) is 2.95. The maximum atomic E-state index is 14.5. The summed E-state index contributed by atoms with van der Waals surface area (Å²) in [4.78, 5) is 13.2. The fourth-order valence-corrected chi connectivity index (χ4v) is 3.46. The van der Waals surface area contributed by atoms with E-state index in [9.17, 15) is 9.18 Å². The molecular weight excluding hydrogens is 345 g/mol. The van der Waals surface area contributed by atoms with Crippen molar-refractivity contribution in [3.05, 3.63) is 51.2 Å². The Balaban J connectivity index is 2.35. The van der Waals surface area contributed by atoms with E-state index in [1.54, 1.807) is 15.1 Å². The minimum Gasteiger partial charge on any atom is -0.491 e. The van der Waals surface area contributed by atoms with Crippen molar-refractivity contribution < 1.29 is 9.13 Å². The lowest BCUT2D eigenvalue weighted by molar-refractivity contribution is 0.321. The minimum atomic E-state index is -0.457. The molecule has 0 atom stereocenters. The molecule has 0 aliphatic carbocycles. The zero-order valence-corrected chi connectivity index (χ0v) is 16.8. The number of hydrogen-bond donors (Lipinski definition) is 0. The van der Waals surface area contributed by atoms with E-state index in [1.807, 2.05) is 33.8 Å². The molecule has 27 heavy (non-hydrogen) atoms. The summed E-state index contributed by atoms with van der Waals surface area (Å²) >= 11 is 0. The van der Waals surface area contributed by atoms with E-state index in [-0.39, 0.29) is 17.2 Å². The van der Waals surface area contributed by atoms with Gasteiger partial charge in [0.2, 0.25) is 0 Å². The Hall–Kier alpha value is -2.63. The van der Waals surface area contributed by atoms with E-state index >= 15 is 0 Å². The Morgan fingerprint density at radius 2 is 1.89 bits per heavy atom. The molecule has 1 aromatic carbocycles. The first kappa shape index (κ1) is 19.1. The lowest BCUT2D eigenvalue weighted by Crippen LogP contribution is -2.26. The number of hydrogen-bond acceptors (Lipinski definition) is 3. The van der Waals surface area contributed by atoms with E-state index in [4.69, 9.17) is 9.84 Å². The third-order valence-electron chi connectivity index (χ3n) is 4.84. The van der Waals surface area contributed by atoms with Crippen molar-refractivity contribution in [2.75, 3.05) is 6.61 Å². The van der Waals surface area contributed by atoms with Crippen LogP contribution in [0.2, 0.25) is 0 Å². The summed E-state index contributed by atoms with van der Waals surface area (Å²) in [5.41, 5.74) is 3.76. The number of halogens is 1. The topological polar surface area (TPSA) is 48.5 Å². The van der Waals surface area contributed by atoms with Crippen molar-refractivity contribution in [3.8, 4) is 17.1 Å². The predicted molar refractivity (Wildman–Crippen MR) is 105 cm³/mol. The van der Waals surface area contributed by atoms with Gasteiger partial charge in [0.15, 0.2) is 17.4 Å². The van der Waals surface area contributed by atoms with Crippen LogP contribution in [0.4, 0.5) is 4.39 Å². The number of ether oxygens (including phenoxy) is 1. The predicted octanol–water partition coefficient (Wildman–Crippen LogP) is 4.46. The zero-order chi connectivity index (χ0) is 19.9. The van der Waals surface area contributed by atoms with Crippen LogP contribution in [0, 0.1) is 19.7 Å². The highest BCUT2D eigenvalue weighted by Crippen LogP contribution is 2.29. The third-order valence-corrected chi connectivity index (χ3v) is 4.84. The second-order valence-corrected chi connectivity index (χ2v) is 7.06. The number of aromatic nitrogens is 3. The van der Waals surface area contributed by atoms with Crippen molar-refractivity contribution in [1.82, 2.24) is 14.2 Å². The molecule has 3 rings (SSSR count). The first-order valence-corrected chi connectivity index (χ1v) is 9.36. The van der Waals surface area contributed by atoms with E-state index in [1.165, 1.54) is 6.07 Å². The summed E-state index contributed by atoms with van der Waals surface area (Å²) in [6, 6.07) is 5.07. The normalized spacial score (nSPS) is 11.6. The fraction of sp³-hybridized carbons (Fsp3) is 0.429. The van der Waals surface area contributed by atoms with Crippen LogP contribution in [0.3, 0.4) is 0 Å². The summed E-state index contributed by atoms with van der Waals surface area (Å²) in [5, 5.41) is 4.73. The molecule has 0 amide bonds. The molecule has 2 heterocycles. The first-order valence-electron chi connectivity index (χ1n) is 9.36.